The number of aromatic nitrogens is 3. The lowest BCUT2D eigenvalue weighted by Gasteiger charge is -2.07. The van der Waals surface area contributed by atoms with Gasteiger partial charge in [0, 0.05) is 36.4 Å². The molecule has 0 aliphatic heterocycles. The average Bonchev–Trinajstić information content (AvgIpc) is 2.96. The first-order valence-electron chi connectivity index (χ1n) is 6.18. The van der Waals surface area contributed by atoms with Gasteiger partial charge in [-0.05, 0) is 34.7 Å². The number of benzene rings is 1. The van der Waals surface area contributed by atoms with Crippen molar-refractivity contribution in [1.29, 1.82) is 0 Å². The summed E-state index contributed by atoms with van der Waals surface area (Å²) in [4.78, 5) is 8.51. The van der Waals surface area contributed by atoms with Gasteiger partial charge in [0.1, 0.15) is 5.65 Å². The molecule has 3 heteroatoms. The van der Waals surface area contributed by atoms with Crippen LogP contribution < -0.4 is 0 Å². The lowest BCUT2D eigenvalue weighted by molar-refractivity contribution is 1.20. The summed E-state index contributed by atoms with van der Waals surface area (Å²) in [6, 6.07) is 12.5. The Balaban J connectivity index is 2.12. The summed E-state index contributed by atoms with van der Waals surface area (Å²) in [5.74, 6) is 0. The number of fused-ring (bicyclic) bond motifs is 3. The lowest BCUT2D eigenvalue weighted by Crippen LogP contribution is -1.87. The molecule has 0 fully saturated rings. The van der Waals surface area contributed by atoms with Gasteiger partial charge in [0.2, 0.25) is 0 Å². The molecule has 0 bridgehead atoms. The summed E-state index contributed by atoms with van der Waals surface area (Å²) in [6.45, 7) is 0. The Morgan fingerprint density at radius 1 is 0.789 bits per heavy atom. The van der Waals surface area contributed by atoms with Crippen LogP contribution >= 0.6 is 0 Å². The molecule has 3 nitrogen and oxygen atoms in total. The van der Waals surface area contributed by atoms with Crippen molar-refractivity contribution >= 4 is 16.4 Å². The molecule has 3 heterocycles. The van der Waals surface area contributed by atoms with E-state index in [-0.39, 0.29) is 0 Å². The molecule has 4 aromatic rings. The molecule has 0 aliphatic rings. The third-order valence-corrected chi connectivity index (χ3v) is 3.41. The Hall–Kier alpha value is -2.68. The number of imidazole rings is 1. The Labute approximate surface area is 110 Å². The molecule has 0 N–H and O–H groups in total. The minimum absolute atomic E-state index is 0.994. The van der Waals surface area contributed by atoms with Crippen molar-refractivity contribution < 1.29 is 0 Å². The molecule has 3 aromatic heterocycles. The quantitative estimate of drug-likeness (QED) is 0.513. The average molecular weight is 245 g/mol. The van der Waals surface area contributed by atoms with Crippen LogP contribution in [0.4, 0.5) is 0 Å². The predicted octanol–water partition coefficient (Wildman–Crippen LogP) is 3.55. The summed E-state index contributed by atoms with van der Waals surface area (Å²) in [5, 5.41) is 2.38. The predicted molar refractivity (Wildman–Crippen MR) is 75.9 cm³/mol. The van der Waals surface area contributed by atoms with Crippen molar-refractivity contribution in [3.63, 3.8) is 0 Å². The van der Waals surface area contributed by atoms with E-state index in [1.54, 1.807) is 0 Å². The van der Waals surface area contributed by atoms with Crippen LogP contribution in [-0.4, -0.2) is 14.4 Å². The smallest absolute Gasteiger partial charge is 0.144 e. The lowest BCUT2D eigenvalue weighted by atomic mass is 10.0. The molecule has 19 heavy (non-hydrogen) atoms. The Kier molecular flexibility index (Phi) is 2.12. The highest BCUT2D eigenvalue weighted by molar-refractivity contribution is 6.02. The van der Waals surface area contributed by atoms with E-state index in [9.17, 15) is 0 Å². The van der Waals surface area contributed by atoms with E-state index in [0.717, 1.165) is 5.65 Å². The SMILES string of the molecule is c1cc(-c2ccncc2)c2ccn3ccnc3c2c1. The van der Waals surface area contributed by atoms with Gasteiger partial charge in [-0.2, -0.15) is 0 Å². The molecule has 0 saturated heterocycles. The third kappa shape index (κ3) is 1.52. The van der Waals surface area contributed by atoms with Gasteiger partial charge in [-0.15, -0.1) is 0 Å². The van der Waals surface area contributed by atoms with Crippen LogP contribution in [0.5, 0.6) is 0 Å². The van der Waals surface area contributed by atoms with E-state index in [1.807, 2.05) is 41.3 Å². The number of hydrogen-bond donors (Lipinski definition) is 0. The first kappa shape index (κ1) is 10.3. The fraction of sp³-hybridized carbons (Fsp3) is 0. The van der Waals surface area contributed by atoms with Gasteiger partial charge in [-0.25, -0.2) is 4.98 Å². The van der Waals surface area contributed by atoms with Gasteiger partial charge in [0.25, 0.3) is 0 Å². The standard InChI is InChI=1S/C16H11N3/c1-2-13(12-4-7-17-8-5-12)14-6-10-19-11-9-18-16(19)15(14)3-1/h1-11H. The maximum atomic E-state index is 4.43. The first-order valence-corrected chi connectivity index (χ1v) is 6.18. The van der Waals surface area contributed by atoms with Gasteiger partial charge in [0.05, 0.1) is 0 Å². The van der Waals surface area contributed by atoms with Crippen molar-refractivity contribution in [2.75, 3.05) is 0 Å². The van der Waals surface area contributed by atoms with Crippen LogP contribution in [0.25, 0.3) is 27.5 Å². The zero-order valence-corrected chi connectivity index (χ0v) is 10.2. The summed E-state index contributed by atoms with van der Waals surface area (Å²) in [5.41, 5.74) is 3.38. The molecule has 0 amide bonds. The molecular weight excluding hydrogens is 234 g/mol. The van der Waals surface area contributed by atoms with E-state index in [1.165, 1.54) is 21.9 Å². The number of nitrogens with zero attached hydrogens (tertiary/aromatic N) is 3. The van der Waals surface area contributed by atoms with Crippen LogP contribution in [-0.2, 0) is 0 Å². The molecule has 0 saturated carbocycles. The van der Waals surface area contributed by atoms with Crippen molar-refractivity contribution in [2.45, 2.75) is 0 Å². The van der Waals surface area contributed by atoms with E-state index in [0.29, 0.717) is 0 Å². The highest BCUT2D eigenvalue weighted by atomic mass is 15.0. The number of hydrogen-bond acceptors (Lipinski definition) is 2. The van der Waals surface area contributed by atoms with Gasteiger partial charge < -0.3 is 4.40 Å². The second-order valence-electron chi connectivity index (χ2n) is 4.48. The van der Waals surface area contributed by atoms with Crippen molar-refractivity contribution in [3.05, 3.63) is 67.4 Å². The molecule has 4 rings (SSSR count). The zero-order chi connectivity index (χ0) is 12.7. The first-order chi connectivity index (χ1) is 9.43. The topological polar surface area (TPSA) is 30.2 Å². The summed E-state index contributed by atoms with van der Waals surface area (Å²) in [6.07, 6.45) is 9.49. The summed E-state index contributed by atoms with van der Waals surface area (Å²) >= 11 is 0. The summed E-state index contributed by atoms with van der Waals surface area (Å²) in [7, 11) is 0. The molecule has 90 valence electrons. The van der Waals surface area contributed by atoms with E-state index in [2.05, 4.69) is 40.4 Å². The molecule has 0 radical (unpaired) electrons. The zero-order valence-electron chi connectivity index (χ0n) is 10.2. The van der Waals surface area contributed by atoms with Crippen molar-refractivity contribution in [2.24, 2.45) is 0 Å². The Morgan fingerprint density at radius 3 is 2.58 bits per heavy atom. The molecule has 0 aliphatic carbocycles. The van der Waals surface area contributed by atoms with E-state index >= 15 is 0 Å². The highest BCUT2D eigenvalue weighted by Crippen LogP contribution is 2.29. The van der Waals surface area contributed by atoms with Gasteiger partial charge in [0.15, 0.2) is 0 Å². The maximum Gasteiger partial charge on any atom is 0.144 e. The molecule has 0 spiro atoms. The largest absolute Gasteiger partial charge is 0.307 e. The Bertz CT molecular complexity index is 863. The second kappa shape index (κ2) is 3.92. The molecule has 0 unspecified atom stereocenters. The summed E-state index contributed by atoms with van der Waals surface area (Å²) < 4.78 is 2.04. The van der Waals surface area contributed by atoms with Crippen LogP contribution in [0.15, 0.2) is 67.4 Å². The monoisotopic (exact) mass is 245 g/mol. The number of rotatable bonds is 1. The van der Waals surface area contributed by atoms with Crippen molar-refractivity contribution in [1.82, 2.24) is 14.4 Å². The molecule has 1 aromatic carbocycles. The number of pyridine rings is 2. The van der Waals surface area contributed by atoms with E-state index in [4.69, 9.17) is 0 Å². The van der Waals surface area contributed by atoms with Gasteiger partial charge >= 0.3 is 0 Å². The third-order valence-electron chi connectivity index (χ3n) is 3.41. The van der Waals surface area contributed by atoms with Gasteiger partial charge in [-0.3, -0.25) is 4.98 Å². The molecule has 0 atom stereocenters. The van der Waals surface area contributed by atoms with Crippen LogP contribution in [0, 0.1) is 0 Å². The fourth-order valence-corrected chi connectivity index (χ4v) is 2.52. The minimum Gasteiger partial charge on any atom is -0.307 e. The van der Waals surface area contributed by atoms with Crippen LogP contribution in [0.3, 0.4) is 0 Å². The van der Waals surface area contributed by atoms with Crippen molar-refractivity contribution in [3.8, 4) is 11.1 Å². The maximum absolute atomic E-state index is 4.43. The Morgan fingerprint density at radius 2 is 1.68 bits per heavy atom. The normalized spacial score (nSPS) is 11.2. The van der Waals surface area contributed by atoms with Crippen LogP contribution in [0.2, 0.25) is 0 Å². The molecular formula is C16H11N3. The van der Waals surface area contributed by atoms with Gasteiger partial charge in [-0.1, -0.05) is 18.2 Å². The fourth-order valence-electron chi connectivity index (χ4n) is 2.52. The minimum atomic E-state index is 0.994. The van der Waals surface area contributed by atoms with Crippen LogP contribution in [0.1, 0.15) is 0 Å². The highest BCUT2D eigenvalue weighted by Gasteiger charge is 2.06. The van der Waals surface area contributed by atoms with E-state index < -0.39 is 0 Å². The second-order valence-corrected chi connectivity index (χ2v) is 4.48.